The lowest BCUT2D eigenvalue weighted by atomic mass is 9.51. The van der Waals surface area contributed by atoms with Gasteiger partial charge in [-0.25, -0.2) is 4.79 Å². The van der Waals surface area contributed by atoms with E-state index in [0.717, 1.165) is 56.1 Å². The molecule has 6 N–H and O–H groups in total. The number of methoxy groups -OCH3 is 1. The third-order valence-electron chi connectivity index (χ3n) is 13.7. The molecule has 0 amide bonds. The molecule has 2 saturated heterocycles. The summed E-state index contributed by atoms with van der Waals surface area (Å²) in [6.45, 7) is 8.34. The number of esters is 1. The standard InChI is InChI=1S/C36H54O13/c1-16-21(18-11-26(38)45-15-18)8-10-36(43)22-6-5-19-12-20(7-9-35(19,3)24(22)13-23(16)36)47-34-30(42)32(44-4)31(17(2)46-34)49-33-29(41)28(40)27(39)25(14-37)48-33/h11,17,19-25,27-34,37,39-43H,1,5-10,12-15H2,2-4H3/t17-,19+,20-,21-,22+,23+,24-,25+,27+,28-,29+,30+,31-,32-,33-,34-,35-,36-/m0/s1. The molecule has 49 heavy (non-hydrogen) atoms. The van der Waals surface area contributed by atoms with Gasteiger partial charge in [-0.3, -0.25) is 0 Å². The van der Waals surface area contributed by atoms with Crippen molar-refractivity contribution in [3.05, 3.63) is 23.8 Å². The molecule has 6 fully saturated rings. The van der Waals surface area contributed by atoms with E-state index in [1.165, 1.54) is 7.11 Å². The molecule has 7 aliphatic rings. The van der Waals surface area contributed by atoms with E-state index in [4.69, 9.17) is 28.4 Å². The van der Waals surface area contributed by atoms with Gasteiger partial charge in [-0.1, -0.05) is 19.1 Å². The Kier molecular flexibility index (Phi) is 9.88. The number of fused-ring (bicyclic) bond motifs is 5. The van der Waals surface area contributed by atoms with E-state index in [1.54, 1.807) is 13.0 Å². The highest BCUT2D eigenvalue weighted by molar-refractivity contribution is 5.85. The quantitative estimate of drug-likeness (QED) is 0.124. The third kappa shape index (κ3) is 5.94. The summed E-state index contributed by atoms with van der Waals surface area (Å²) in [5, 5.41) is 64.0. The summed E-state index contributed by atoms with van der Waals surface area (Å²) in [7, 11) is 1.43. The van der Waals surface area contributed by atoms with Crippen LogP contribution in [0.4, 0.5) is 0 Å². The van der Waals surface area contributed by atoms with Crippen molar-refractivity contribution in [1.82, 2.24) is 0 Å². The number of hydrogen-bond donors (Lipinski definition) is 6. The fourth-order valence-electron chi connectivity index (χ4n) is 11.0. The normalized spacial score (nSPS) is 53.0. The topological polar surface area (TPSA) is 194 Å². The Balaban J connectivity index is 0.989. The molecule has 4 saturated carbocycles. The average molecular weight is 695 g/mol. The molecule has 7 rings (SSSR count). The summed E-state index contributed by atoms with van der Waals surface area (Å²) in [5.41, 5.74) is 1.28. The number of carbonyl (C=O) groups is 1. The molecule has 276 valence electrons. The molecule has 0 spiro atoms. The van der Waals surface area contributed by atoms with Gasteiger partial charge in [-0.05, 0) is 87.0 Å². The van der Waals surface area contributed by atoms with Crippen molar-refractivity contribution >= 4 is 5.97 Å². The molecule has 18 atom stereocenters. The molecule has 0 bridgehead atoms. The second-order valence-corrected chi connectivity index (χ2v) is 16.0. The molecule has 3 aliphatic heterocycles. The smallest absolute Gasteiger partial charge is 0.331 e. The number of carbonyl (C=O) groups excluding carboxylic acids is 1. The monoisotopic (exact) mass is 694 g/mol. The molecule has 0 aromatic rings. The van der Waals surface area contributed by atoms with Crippen LogP contribution in [0.15, 0.2) is 23.8 Å². The van der Waals surface area contributed by atoms with Crippen molar-refractivity contribution in [1.29, 1.82) is 0 Å². The molecule has 0 unspecified atom stereocenters. The van der Waals surface area contributed by atoms with Crippen LogP contribution in [0.3, 0.4) is 0 Å². The van der Waals surface area contributed by atoms with Gasteiger partial charge >= 0.3 is 5.97 Å². The summed E-state index contributed by atoms with van der Waals surface area (Å²) in [6, 6.07) is 0. The molecule has 13 nitrogen and oxygen atoms in total. The van der Waals surface area contributed by atoms with Crippen LogP contribution in [0.2, 0.25) is 0 Å². The third-order valence-corrected chi connectivity index (χ3v) is 13.7. The summed E-state index contributed by atoms with van der Waals surface area (Å²) in [5.74, 6) is 0.714. The lowest BCUT2D eigenvalue weighted by molar-refractivity contribution is -0.362. The number of ether oxygens (including phenoxy) is 6. The van der Waals surface area contributed by atoms with Crippen molar-refractivity contribution in [2.75, 3.05) is 20.3 Å². The van der Waals surface area contributed by atoms with Gasteiger partial charge in [0.25, 0.3) is 0 Å². The fraction of sp³-hybridized carbons (Fsp3) is 0.861. The zero-order chi connectivity index (χ0) is 35.0. The Morgan fingerprint density at radius 1 is 0.918 bits per heavy atom. The molecule has 0 aromatic carbocycles. The van der Waals surface area contributed by atoms with Crippen molar-refractivity contribution in [2.45, 2.75) is 138 Å². The van der Waals surface area contributed by atoms with E-state index in [9.17, 15) is 35.4 Å². The number of aliphatic hydroxyl groups is 6. The predicted molar refractivity (Wildman–Crippen MR) is 170 cm³/mol. The van der Waals surface area contributed by atoms with Crippen LogP contribution in [0.1, 0.15) is 65.2 Å². The first kappa shape index (κ1) is 35.9. The number of rotatable bonds is 7. The highest BCUT2D eigenvalue weighted by atomic mass is 16.7. The minimum absolute atomic E-state index is 0.00112. The van der Waals surface area contributed by atoms with Crippen LogP contribution in [0.25, 0.3) is 0 Å². The minimum Gasteiger partial charge on any atom is -0.458 e. The largest absolute Gasteiger partial charge is 0.458 e. The van der Waals surface area contributed by atoms with Crippen molar-refractivity contribution in [2.24, 2.45) is 35.0 Å². The number of cyclic esters (lactones) is 1. The number of hydrogen-bond acceptors (Lipinski definition) is 13. The SMILES string of the molecule is C=C1[C@@H](C2=CC(=O)OC2)CC[C@@]2(O)[C@@H]1C[C@H]1[C@H]2CC[C@@H]2C[C@@H](O[C@@H]3O[C@@H](C)[C@H](O[C@@H]4O[C@H](CO)[C@@H](O)[C@H](O)[C@H]4O)[C@@H](OC)[C@H]3O)CC[C@@]21C. The molecule has 13 heteroatoms. The van der Waals surface area contributed by atoms with Crippen LogP contribution in [0.5, 0.6) is 0 Å². The van der Waals surface area contributed by atoms with Gasteiger partial charge in [0.2, 0.25) is 0 Å². The van der Waals surface area contributed by atoms with Crippen LogP contribution in [-0.4, -0.2) is 130 Å². The van der Waals surface area contributed by atoms with Gasteiger partial charge < -0.3 is 59.1 Å². The molecule has 0 aromatic heterocycles. The van der Waals surface area contributed by atoms with E-state index < -0.39 is 73.6 Å². The Morgan fingerprint density at radius 2 is 1.67 bits per heavy atom. The Morgan fingerprint density at radius 3 is 2.37 bits per heavy atom. The fourth-order valence-corrected chi connectivity index (χ4v) is 11.0. The zero-order valence-electron chi connectivity index (χ0n) is 28.6. The minimum atomic E-state index is -1.60. The second kappa shape index (κ2) is 13.5. The molecular formula is C36H54O13. The maximum atomic E-state index is 12.2. The lowest BCUT2D eigenvalue weighted by Gasteiger charge is -2.55. The van der Waals surface area contributed by atoms with Crippen molar-refractivity contribution < 1.29 is 63.9 Å². The Bertz CT molecular complexity index is 1290. The van der Waals surface area contributed by atoms with Crippen molar-refractivity contribution in [3.8, 4) is 0 Å². The van der Waals surface area contributed by atoms with Crippen LogP contribution in [0, 0.1) is 35.0 Å². The van der Waals surface area contributed by atoms with E-state index in [0.29, 0.717) is 24.9 Å². The van der Waals surface area contributed by atoms with Gasteiger partial charge in [-0.2, -0.15) is 0 Å². The summed E-state index contributed by atoms with van der Waals surface area (Å²) in [4.78, 5) is 11.8. The van der Waals surface area contributed by atoms with E-state index >= 15 is 0 Å². The Hall–Kier alpha value is -1.49. The van der Waals surface area contributed by atoms with Gasteiger partial charge in [0.1, 0.15) is 49.3 Å². The van der Waals surface area contributed by atoms with Crippen LogP contribution in [-0.2, 0) is 33.2 Å². The molecule has 0 radical (unpaired) electrons. The highest BCUT2D eigenvalue weighted by Gasteiger charge is 2.64. The number of aliphatic hydroxyl groups excluding tert-OH is 5. The maximum Gasteiger partial charge on any atom is 0.331 e. The summed E-state index contributed by atoms with van der Waals surface area (Å²) < 4.78 is 35.0. The zero-order valence-corrected chi connectivity index (χ0v) is 28.6. The predicted octanol–water partition coefficient (Wildman–Crippen LogP) is 0.710. The first-order valence-electron chi connectivity index (χ1n) is 18.1. The van der Waals surface area contributed by atoms with Gasteiger partial charge in [0.05, 0.1) is 24.4 Å². The van der Waals surface area contributed by atoms with Crippen LogP contribution >= 0.6 is 0 Å². The van der Waals surface area contributed by atoms with E-state index in [-0.39, 0.29) is 35.2 Å². The summed E-state index contributed by atoms with van der Waals surface area (Å²) in [6.07, 6.45) is -3.74. The maximum absolute atomic E-state index is 12.2. The Labute approximate surface area is 287 Å². The van der Waals surface area contributed by atoms with Gasteiger partial charge in [0.15, 0.2) is 12.6 Å². The van der Waals surface area contributed by atoms with Crippen molar-refractivity contribution in [3.63, 3.8) is 0 Å². The molecular weight excluding hydrogens is 640 g/mol. The van der Waals surface area contributed by atoms with Gasteiger partial charge in [0, 0.05) is 25.0 Å². The van der Waals surface area contributed by atoms with Gasteiger partial charge in [-0.15, -0.1) is 0 Å². The first-order chi connectivity index (χ1) is 23.3. The highest BCUT2D eigenvalue weighted by Crippen LogP contribution is 2.67. The average Bonchev–Trinajstić information content (AvgIpc) is 3.65. The van der Waals surface area contributed by atoms with Crippen LogP contribution < -0.4 is 0 Å². The lowest BCUT2D eigenvalue weighted by Crippen LogP contribution is -2.64. The summed E-state index contributed by atoms with van der Waals surface area (Å²) >= 11 is 0. The van der Waals surface area contributed by atoms with E-state index in [2.05, 4.69) is 13.5 Å². The second-order valence-electron chi connectivity index (χ2n) is 16.0. The van der Waals surface area contributed by atoms with E-state index in [1.807, 2.05) is 0 Å². The molecule has 3 heterocycles. The first-order valence-corrected chi connectivity index (χ1v) is 18.1. The molecule has 4 aliphatic carbocycles.